The van der Waals surface area contributed by atoms with Gasteiger partial charge in [-0.25, -0.2) is 9.59 Å². The van der Waals surface area contributed by atoms with Crippen molar-refractivity contribution >= 4 is 11.9 Å². The Balaban J connectivity index is 3.95. The lowest BCUT2D eigenvalue weighted by atomic mass is 9.96. The van der Waals surface area contributed by atoms with Gasteiger partial charge < -0.3 is 9.47 Å². The van der Waals surface area contributed by atoms with Crippen LogP contribution in [0.1, 0.15) is 0 Å². The second-order valence-electron chi connectivity index (χ2n) is 3.12. The molecule has 0 aliphatic carbocycles. The summed E-state index contributed by atoms with van der Waals surface area (Å²) in [5.74, 6) is -1.14. The van der Waals surface area contributed by atoms with Gasteiger partial charge in [0, 0.05) is 17.6 Å². The van der Waals surface area contributed by atoms with E-state index in [1.807, 2.05) is 0 Å². The third-order valence-corrected chi connectivity index (χ3v) is 1.37. The van der Waals surface area contributed by atoms with Gasteiger partial charge in [-0.05, 0) is 13.8 Å². The molecular weight excluding hydrogens is 196 g/mol. The summed E-state index contributed by atoms with van der Waals surface area (Å²) in [6, 6.07) is 0. The summed E-state index contributed by atoms with van der Waals surface area (Å²) in [6.45, 7) is 13.7. The summed E-state index contributed by atoms with van der Waals surface area (Å²) in [6.07, 6.45) is 2.07. The van der Waals surface area contributed by atoms with Gasteiger partial charge in [0.05, 0.1) is 0 Å². The van der Waals surface area contributed by atoms with Crippen LogP contribution in [0.15, 0.2) is 25.3 Å². The maximum Gasteiger partial charge on any atom is 0.330 e. The van der Waals surface area contributed by atoms with E-state index in [2.05, 4.69) is 27.0 Å². The fourth-order valence-electron chi connectivity index (χ4n) is 0.608. The zero-order valence-corrected chi connectivity index (χ0v) is 8.53. The van der Waals surface area contributed by atoms with Crippen molar-refractivity contribution in [2.24, 2.45) is 5.41 Å². The minimum absolute atomic E-state index is 0.0533. The van der Waals surface area contributed by atoms with E-state index in [0.717, 1.165) is 12.2 Å². The van der Waals surface area contributed by atoms with E-state index in [-0.39, 0.29) is 13.2 Å². The highest BCUT2D eigenvalue weighted by Crippen LogP contribution is 2.14. The molecule has 0 rings (SSSR count). The lowest BCUT2D eigenvalue weighted by molar-refractivity contribution is -0.144. The van der Waals surface area contributed by atoms with Gasteiger partial charge in [0.2, 0.25) is 0 Å². The first-order valence-electron chi connectivity index (χ1n) is 4.20. The summed E-state index contributed by atoms with van der Waals surface area (Å²) in [7, 11) is 0. The van der Waals surface area contributed by atoms with Crippen LogP contribution in [0.5, 0.6) is 0 Å². The molecule has 0 aromatic heterocycles. The van der Waals surface area contributed by atoms with Gasteiger partial charge in [-0.1, -0.05) is 13.2 Å². The first-order chi connectivity index (χ1) is 6.91. The molecule has 15 heavy (non-hydrogen) atoms. The molecule has 0 heterocycles. The van der Waals surface area contributed by atoms with Crippen molar-refractivity contribution in [3.05, 3.63) is 39.2 Å². The molecule has 2 radical (unpaired) electrons. The van der Waals surface area contributed by atoms with Gasteiger partial charge in [-0.15, -0.1) is 0 Å². The highest BCUT2D eigenvalue weighted by Gasteiger charge is 2.22. The fraction of sp³-hybridized carbons (Fsp3) is 0.273. The minimum atomic E-state index is -0.919. The Hall–Kier alpha value is -1.58. The maximum atomic E-state index is 10.7. The second kappa shape index (κ2) is 6.01. The molecule has 0 spiro atoms. The van der Waals surface area contributed by atoms with Crippen LogP contribution in [-0.4, -0.2) is 25.2 Å². The van der Waals surface area contributed by atoms with Gasteiger partial charge in [0.15, 0.2) is 0 Å². The highest BCUT2D eigenvalue weighted by atomic mass is 16.5. The molecule has 0 atom stereocenters. The summed E-state index contributed by atoms with van der Waals surface area (Å²) < 4.78 is 9.45. The van der Waals surface area contributed by atoms with E-state index in [1.54, 1.807) is 0 Å². The van der Waals surface area contributed by atoms with Gasteiger partial charge in [0.25, 0.3) is 0 Å². The third-order valence-electron chi connectivity index (χ3n) is 1.37. The predicted molar refractivity (Wildman–Crippen MR) is 55.5 cm³/mol. The molecule has 0 aliphatic rings. The monoisotopic (exact) mass is 210 g/mol. The van der Waals surface area contributed by atoms with E-state index < -0.39 is 17.4 Å². The highest BCUT2D eigenvalue weighted by molar-refractivity contribution is 5.81. The average Bonchev–Trinajstić information content (AvgIpc) is 2.22. The van der Waals surface area contributed by atoms with Crippen molar-refractivity contribution < 1.29 is 19.1 Å². The largest absolute Gasteiger partial charge is 0.462 e. The topological polar surface area (TPSA) is 52.6 Å². The summed E-state index contributed by atoms with van der Waals surface area (Å²) >= 11 is 0. The predicted octanol–water partition coefficient (Wildman–Crippen LogP) is 1.10. The average molecular weight is 210 g/mol. The minimum Gasteiger partial charge on any atom is -0.462 e. The van der Waals surface area contributed by atoms with E-state index >= 15 is 0 Å². The van der Waals surface area contributed by atoms with E-state index in [0.29, 0.717) is 0 Å². The molecule has 0 saturated carbocycles. The van der Waals surface area contributed by atoms with E-state index in [1.165, 1.54) is 0 Å². The Morgan fingerprint density at radius 2 is 1.33 bits per heavy atom. The third kappa shape index (κ3) is 6.49. The SMILES string of the molecule is [CH2]C([CH2])(COC(=O)C=C)COC(=O)C=C. The Bertz CT molecular complexity index is 240. The zero-order valence-electron chi connectivity index (χ0n) is 8.53. The number of carbonyl (C=O) groups excluding carboxylic acids is 2. The van der Waals surface area contributed by atoms with Crippen LogP contribution < -0.4 is 0 Å². The lowest BCUT2D eigenvalue weighted by Gasteiger charge is -2.22. The first kappa shape index (κ1) is 13.4. The van der Waals surface area contributed by atoms with Crippen LogP contribution in [0, 0.1) is 19.3 Å². The summed E-state index contributed by atoms with van der Waals surface area (Å²) in [4.78, 5) is 21.5. The lowest BCUT2D eigenvalue weighted by Crippen LogP contribution is -2.28. The van der Waals surface area contributed by atoms with Crippen LogP contribution in [-0.2, 0) is 19.1 Å². The Kier molecular flexibility index (Phi) is 5.37. The molecule has 0 aliphatic heterocycles. The molecular formula is C11H14O4. The van der Waals surface area contributed by atoms with E-state index in [9.17, 15) is 9.59 Å². The second-order valence-corrected chi connectivity index (χ2v) is 3.12. The molecule has 4 nitrogen and oxygen atoms in total. The van der Waals surface area contributed by atoms with Crippen LogP contribution in [0.3, 0.4) is 0 Å². The molecule has 0 unspecified atom stereocenters. The zero-order chi connectivity index (χ0) is 11.9. The molecule has 0 fully saturated rings. The number of rotatable bonds is 6. The van der Waals surface area contributed by atoms with Crippen molar-refractivity contribution in [3.63, 3.8) is 0 Å². The van der Waals surface area contributed by atoms with Gasteiger partial charge in [-0.2, -0.15) is 0 Å². The number of hydrogen-bond donors (Lipinski definition) is 0. The van der Waals surface area contributed by atoms with Crippen LogP contribution in [0.25, 0.3) is 0 Å². The Labute approximate surface area is 89.6 Å². The van der Waals surface area contributed by atoms with Crippen LogP contribution in [0.4, 0.5) is 0 Å². The maximum absolute atomic E-state index is 10.7. The molecule has 0 amide bonds. The molecule has 82 valence electrons. The fourth-order valence-corrected chi connectivity index (χ4v) is 0.608. The van der Waals surface area contributed by atoms with Crippen LogP contribution >= 0.6 is 0 Å². The number of ether oxygens (including phenoxy) is 2. The molecule has 0 saturated heterocycles. The number of hydrogen-bond acceptors (Lipinski definition) is 4. The normalized spacial score (nSPS) is 10.3. The summed E-state index contributed by atoms with van der Waals surface area (Å²) in [5.41, 5.74) is -0.919. The number of carbonyl (C=O) groups is 2. The standard InChI is InChI=1S/C11H14O4/c1-5-9(12)14-7-11(3,4)8-15-10(13)6-2/h5-6H,1-4,7-8H2. The van der Waals surface area contributed by atoms with Gasteiger partial charge in [-0.3, -0.25) is 0 Å². The van der Waals surface area contributed by atoms with Crippen molar-refractivity contribution in [3.8, 4) is 0 Å². The quantitative estimate of drug-likeness (QED) is 0.486. The summed E-state index contributed by atoms with van der Waals surface area (Å²) in [5, 5.41) is 0. The van der Waals surface area contributed by atoms with E-state index in [4.69, 9.17) is 9.47 Å². The van der Waals surface area contributed by atoms with Crippen LogP contribution in [0.2, 0.25) is 0 Å². The molecule has 4 heteroatoms. The molecule has 0 aromatic rings. The number of esters is 2. The van der Waals surface area contributed by atoms with Crippen molar-refractivity contribution in [1.82, 2.24) is 0 Å². The van der Waals surface area contributed by atoms with Crippen molar-refractivity contribution in [1.29, 1.82) is 0 Å². The van der Waals surface area contributed by atoms with Gasteiger partial charge in [0.1, 0.15) is 13.2 Å². The molecule has 0 bridgehead atoms. The Morgan fingerprint density at radius 3 is 1.60 bits per heavy atom. The van der Waals surface area contributed by atoms with Crippen molar-refractivity contribution in [2.75, 3.05) is 13.2 Å². The molecule has 0 N–H and O–H groups in total. The van der Waals surface area contributed by atoms with Crippen molar-refractivity contribution in [2.45, 2.75) is 0 Å². The first-order valence-corrected chi connectivity index (χ1v) is 4.20. The van der Waals surface area contributed by atoms with Gasteiger partial charge >= 0.3 is 11.9 Å². The molecule has 0 aromatic carbocycles. The smallest absolute Gasteiger partial charge is 0.330 e. The Morgan fingerprint density at radius 1 is 1.00 bits per heavy atom.